The fraction of sp³-hybridized carbons (Fsp3) is 0.636. The van der Waals surface area contributed by atoms with Gasteiger partial charge >= 0.3 is 0 Å². The van der Waals surface area contributed by atoms with Gasteiger partial charge in [-0.25, -0.2) is 0 Å². The van der Waals surface area contributed by atoms with Crippen molar-refractivity contribution < 1.29 is 9.15 Å². The number of hydrogen-bond donors (Lipinski definition) is 1. The number of hydrogen-bond acceptors (Lipinski definition) is 3. The van der Waals surface area contributed by atoms with E-state index in [1.807, 2.05) is 6.07 Å². The summed E-state index contributed by atoms with van der Waals surface area (Å²) in [4.78, 5) is 0. The van der Waals surface area contributed by atoms with Crippen LogP contribution in [-0.4, -0.2) is 19.8 Å². The van der Waals surface area contributed by atoms with E-state index in [1.54, 1.807) is 19.6 Å². The zero-order chi connectivity index (χ0) is 10.4. The fourth-order valence-corrected chi connectivity index (χ4v) is 1.42. The van der Waals surface area contributed by atoms with Gasteiger partial charge in [0.1, 0.15) is 0 Å². The van der Waals surface area contributed by atoms with Crippen molar-refractivity contribution in [3.63, 3.8) is 0 Å². The molecular formula is C11H19NO2. The number of ether oxygens (including phenoxy) is 1. The molecule has 80 valence electrons. The van der Waals surface area contributed by atoms with E-state index < -0.39 is 0 Å². The lowest BCUT2D eigenvalue weighted by molar-refractivity contribution is 0.183. The van der Waals surface area contributed by atoms with E-state index >= 15 is 0 Å². The molecule has 1 aromatic heterocycles. The van der Waals surface area contributed by atoms with Crippen LogP contribution in [0, 0.1) is 0 Å². The molecule has 0 spiro atoms. The van der Waals surface area contributed by atoms with E-state index in [1.165, 1.54) is 5.56 Å². The minimum atomic E-state index is 0.334. The van der Waals surface area contributed by atoms with Crippen LogP contribution in [0.4, 0.5) is 0 Å². The number of nitrogens with one attached hydrogen (secondary N) is 1. The minimum absolute atomic E-state index is 0.334. The lowest BCUT2D eigenvalue weighted by Gasteiger charge is -2.18. The van der Waals surface area contributed by atoms with E-state index in [0.717, 1.165) is 13.0 Å². The summed E-state index contributed by atoms with van der Waals surface area (Å²) in [6.45, 7) is 5.09. The van der Waals surface area contributed by atoms with Crippen LogP contribution >= 0.6 is 0 Å². The molecule has 2 atom stereocenters. The lowest BCUT2D eigenvalue weighted by Crippen LogP contribution is -2.29. The van der Waals surface area contributed by atoms with Crippen molar-refractivity contribution in [1.29, 1.82) is 0 Å². The molecule has 0 radical (unpaired) electrons. The van der Waals surface area contributed by atoms with Crippen molar-refractivity contribution in [1.82, 2.24) is 5.32 Å². The van der Waals surface area contributed by atoms with Crippen LogP contribution in [0.1, 0.15) is 31.9 Å². The zero-order valence-electron chi connectivity index (χ0n) is 9.12. The van der Waals surface area contributed by atoms with E-state index in [2.05, 4.69) is 19.2 Å². The van der Waals surface area contributed by atoms with Crippen molar-refractivity contribution in [2.24, 2.45) is 0 Å². The number of rotatable bonds is 6. The highest BCUT2D eigenvalue weighted by Gasteiger charge is 2.09. The van der Waals surface area contributed by atoms with Crippen LogP contribution in [0.5, 0.6) is 0 Å². The first-order chi connectivity index (χ1) is 6.74. The molecular weight excluding hydrogens is 178 g/mol. The van der Waals surface area contributed by atoms with Gasteiger partial charge in [0.15, 0.2) is 0 Å². The van der Waals surface area contributed by atoms with Crippen LogP contribution in [0.2, 0.25) is 0 Å². The topological polar surface area (TPSA) is 34.4 Å². The van der Waals surface area contributed by atoms with Crippen LogP contribution < -0.4 is 5.32 Å². The third-order valence-electron chi connectivity index (χ3n) is 2.33. The molecule has 0 saturated heterocycles. The monoisotopic (exact) mass is 197 g/mol. The van der Waals surface area contributed by atoms with Gasteiger partial charge in [-0.15, -0.1) is 0 Å². The molecule has 3 heteroatoms. The molecule has 1 N–H and O–H groups in total. The second-order valence-corrected chi connectivity index (χ2v) is 3.63. The molecule has 0 aliphatic heterocycles. The highest BCUT2D eigenvalue weighted by Crippen LogP contribution is 2.13. The lowest BCUT2D eigenvalue weighted by atomic mass is 10.1. The maximum Gasteiger partial charge on any atom is 0.0950 e. The molecule has 1 heterocycles. The molecule has 1 aromatic rings. The number of furan rings is 1. The molecule has 0 amide bonds. The molecule has 2 unspecified atom stereocenters. The van der Waals surface area contributed by atoms with E-state index in [-0.39, 0.29) is 0 Å². The summed E-state index contributed by atoms with van der Waals surface area (Å²) in [5.74, 6) is 0. The van der Waals surface area contributed by atoms with Gasteiger partial charge in [-0.1, -0.05) is 0 Å². The Balaban J connectivity index is 2.29. The second-order valence-electron chi connectivity index (χ2n) is 3.63. The summed E-state index contributed by atoms with van der Waals surface area (Å²) in [6, 6.07) is 2.78. The molecule has 1 rings (SSSR count). The van der Waals surface area contributed by atoms with Crippen LogP contribution in [0.25, 0.3) is 0 Å². The van der Waals surface area contributed by atoms with Gasteiger partial charge in [0, 0.05) is 31.4 Å². The summed E-state index contributed by atoms with van der Waals surface area (Å²) in [7, 11) is 1.73. The normalized spacial score (nSPS) is 15.4. The molecule has 0 saturated carbocycles. The summed E-state index contributed by atoms with van der Waals surface area (Å²) in [5, 5.41) is 3.48. The summed E-state index contributed by atoms with van der Waals surface area (Å²) in [5.41, 5.74) is 1.19. The van der Waals surface area contributed by atoms with Gasteiger partial charge in [-0.2, -0.15) is 0 Å². The average molecular weight is 197 g/mol. The van der Waals surface area contributed by atoms with Gasteiger partial charge in [0.25, 0.3) is 0 Å². The molecule has 0 aliphatic rings. The second kappa shape index (κ2) is 5.83. The highest BCUT2D eigenvalue weighted by molar-refractivity contribution is 5.10. The smallest absolute Gasteiger partial charge is 0.0950 e. The van der Waals surface area contributed by atoms with Crippen molar-refractivity contribution in [2.75, 3.05) is 13.7 Å². The van der Waals surface area contributed by atoms with Gasteiger partial charge in [-0.3, -0.25) is 0 Å². The van der Waals surface area contributed by atoms with Crippen LogP contribution in [0.3, 0.4) is 0 Å². The Morgan fingerprint density at radius 1 is 1.50 bits per heavy atom. The Hall–Kier alpha value is -0.800. The van der Waals surface area contributed by atoms with Crippen molar-refractivity contribution in [3.8, 4) is 0 Å². The summed E-state index contributed by atoms with van der Waals surface area (Å²) >= 11 is 0. The quantitative estimate of drug-likeness (QED) is 0.760. The Labute approximate surface area is 85.4 Å². The van der Waals surface area contributed by atoms with Gasteiger partial charge in [-0.05, 0) is 26.3 Å². The van der Waals surface area contributed by atoms with Crippen molar-refractivity contribution >= 4 is 0 Å². The predicted octanol–water partition coefficient (Wildman–Crippen LogP) is 2.36. The van der Waals surface area contributed by atoms with Crippen LogP contribution in [-0.2, 0) is 4.74 Å². The van der Waals surface area contributed by atoms with Crippen LogP contribution in [0.15, 0.2) is 23.0 Å². The molecule has 14 heavy (non-hydrogen) atoms. The van der Waals surface area contributed by atoms with E-state index in [0.29, 0.717) is 12.1 Å². The first-order valence-corrected chi connectivity index (χ1v) is 5.01. The summed E-state index contributed by atoms with van der Waals surface area (Å²) in [6.07, 6.45) is 4.51. The maximum absolute atomic E-state index is 5.03. The minimum Gasteiger partial charge on any atom is -0.472 e. The Morgan fingerprint density at radius 3 is 2.86 bits per heavy atom. The van der Waals surface area contributed by atoms with Gasteiger partial charge < -0.3 is 14.5 Å². The molecule has 0 fully saturated rings. The Kier molecular flexibility index (Phi) is 4.70. The predicted molar refractivity (Wildman–Crippen MR) is 56.2 cm³/mol. The third-order valence-corrected chi connectivity index (χ3v) is 2.33. The maximum atomic E-state index is 5.03. The van der Waals surface area contributed by atoms with Crippen molar-refractivity contribution in [2.45, 2.75) is 32.4 Å². The van der Waals surface area contributed by atoms with E-state index in [9.17, 15) is 0 Å². The Morgan fingerprint density at radius 2 is 2.29 bits per heavy atom. The standard InChI is InChI=1S/C11H19NO2/c1-9(4-6-13-3)12-10(2)11-5-7-14-8-11/h5,7-10,12H,4,6H2,1-3H3. The number of methoxy groups -OCH3 is 1. The molecule has 0 aromatic carbocycles. The average Bonchev–Trinajstić information content (AvgIpc) is 2.67. The first kappa shape index (κ1) is 11.3. The fourth-order valence-electron chi connectivity index (χ4n) is 1.42. The van der Waals surface area contributed by atoms with Crippen molar-refractivity contribution in [3.05, 3.63) is 24.2 Å². The zero-order valence-corrected chi connectivity index (χ0v) is 9.12. The van der Waals surface area contributed by atoms with E-state index in [4.69, 9.17) is 9.15 Å². The van der Waals surface area contributed by atoms with Gasteiger partial charge in [0.05, 0.1) is 12.5 Å². The highest BCUT2D eigenvalue weighted by atomic mass is 16.5. The summed E-state index contributed by atoms with van der Waals surface area (Å²) < 4.78 is 10.1. The Bertz CT molecular complexity index is 233. The third kappa shape index (κ3) is 3.52. The molecule has 0 aliphatic carbocycles. The van der Waals surface area contributed by atoms with Gasteiger partial charge in [0.2, 0.25) is 0 Å². The largest absolute Gasteiger partial charge is 0.472 e. The molecule has 0 bridgehead atoms. The SMILES string of the molecule is COCCC(C)NC(C)c1ccoc1. The first-order valence-electron chi connectivity index (χ1n) is 5.01. The molecule has 3 nitrogen and oxygen atoms in total.